The molecule has 5 nitrogen and oxygen atoms in total. The summed E-state index contributed by atoms with van der Waals surface area (Å²) in [5, 5.41) is 3.06. The summed E-state index contributed by atoms with van der Waals surface area (Å²) in [6.45, 7) is 2.55. The molecule has 0 atom stereocenters. The van der Waals surface area contributed by atoms with E-state index in [1.54, 1.807) is 13.3 Å². The molecule has 0 aliphatic carbocycles. The first-order valence-corrected chi connectivity index (χ1v) is 6.86. The third-order valence-electron chi connectivity index (χ3n) is 3.08. The molecule has 6 heteroatoms. The van der Waals surface area contributed by atoms with Gasteiger partial charge in [0, 0.05) is 5.69 Å². The van der Waals surface area contributed by atoms with Gasteiger partial charge in [0.15, 0.2) is 5.96 Å². The molecule has 0 saturated heterocycles. The molecule has 3 N–H and O–H groups in total. The van der Waals surface area contributed by atoms with Gasteiger partial charge in [-0.05, 0) is 36.2 Å². The van der Waals surface area contributed by atoms with E-state index in [1.165, 1.54) is 5.56 Å². The Morgan fingerprint density at radius 2 is 1.95 bits per heavy atom. The molecule has 22 heavy (non-hydrogen) atoms. The van der Waals surface area contributed by atoms with Gasteiger partial charge in [-0.3, -0.25) is 4.98 Å². The number of anilines is 1. The lowest BCUT2D eigenvalue weighted by molar-refractivity contribution is 0.412. The summed E-state index contributed by atoms with van der Waals surface area (Å²) in [6, 6.07) is 11.8. The highest BCUT2D eigenvalue weighted by atomic mass is 127. The second-order valence-corrected chi connectivity index (χ2v) is 4.57. The maximum atomic E-state index is 5.87. The fourth-order valence-corrected chi connectivity index (χ4v) is 1.80. The van der Waals surface area contributed by atoms with Gasteiger partial charge in [-0.1, -0.05) is 19.1 Å². The molecule has 1 aromatic heterocycles. The highest BCUT2D eigenvalue weighted by Crippen LogP contribution is 2.10. The number of pyridine rings is 1. The normalized spacial score (nSPS) is 10.7. The van der Waals surface area contributed by atoms with Gasteiger partial charge >= 0.3 is 0 Å². The van der Waals surface area contributed by atoms with Crippen molar-refractivity contribution in [2.45, 2.75) is 19.9 Å². The lowest BCUT2D eigenvalue weighted by atomic mass is 10.1. The maximum absolute atomic E-state index is 5.87. The van der Waals surface area contributed by atoms with Gasteiger partial charge in [-0.25, -0.2) is 4.99 Å². The van der Waals surface area contributed by atoms with Crippen LogP contribution in [-0.4, -0.2) is 18.1 Å². The zero-order valence-corrected chi connectivity index (χ0v) is 15.1. The van der Waals surface area contributed by atoms with Crippen LogP contribution in [0.4, 0.5) is 5.69 Å². The molecule has 0 radical (unpaired) electrons. The number of nitrogens with one attached hydrogen (secondary N) is 1. The molecule has 0 amide bonds. The molecule has 1 aromatic carbocycles. The van der Waals surface area contributed by atoms with Crippen molar-refractivity contribution < 1.29 is 4.74 Å². The summed E-state index contributed by atoms with van der Waals surface area (Å²) in [7, 11) is 1.61. The van der Waals surface area contributed by atoms with Crippen LogP contribution in [0.1, 0.15) is 18.2 Å². The zero-order chi connectivity index (χ0) is 15.1. The van der Waals surface area contributed by atoms with Crippen LogP contribution in [0.15, 0.2) is 47.6 Å². The Balaban J connectivity index is 0.00000242. The van der Waals surface area contributed by atoms with Gasteiger partial charge in [0.1, 0.15) is 5.75 Å². The lowest BCUT2D eigenvalue weighted by Crippen LogP contribution is -2.22. The minimum Gasteiger partial charge on any atom is -0.495 e. The van der Waals surface area contributed by atoms with Crippen LogP contribution in [0.5, 0.6) is 5.75 Å². The van der Waals surface area contributed by atoms with E-state index in [9.17, 15) is 0 Å². The van der Waals surface area contributed by atoms with Gasteiger partial charge < -0.3 is 15.8 Å². The van der Waals surface area contributed by atoms with Gasteiger partial charge in [-0.2, -0.15) is 0 Å². The van der Waals surface area contributed by atoms with Crippen LogP contribution in [0.3, 0.4) is 0 Å². The number of ether oxygens (including phenoxy) is 1. The van der Waals surface area contributed by atoms with Crippen molar-refractivity contribution in [3.8, 4) is 5.75 Å². The summed E-state index contributed by atoms with van der Waals surface area (Å²) in [6.07, 6.45) is 2.69. The second-order valence-electron chi connectivity index (χ2n) is 4.57. The van der Waals surface area contributed by atoms with Crippen LogP contribution in [-0.2, 0) is 13.0 Å². The number of nitrogens with two attached hydrogens (primary N) is 1. The molecule has 2 rings (SSSR count). The number of methoxy groups -OCH3 is 1. The number of nitrogens with zero attached hydrogens (tertiary/aromatic N) is 2. The summed E-state index contributed by atoms with van der Waals surface area (Å²) in [5.74, 6) is 1.10. The molecule has 0 aliphatic heterocycles. The Bertz CT molecular complexity index is 597. The summed E-state index contributed by atoms with van der Waals surface area (Å²) >= 11 is 0. The minimum atomic E-state index is 0. The predicted octanol–water partition coefficient (Wildman–Crippen LogP) is 3.20. The van der Waals surface area contributed by atoms with Crippen molar-refractivity contribution in [3.63, 3.8) is 0 Å². The van der Waals surface area contributed by atoms with Crippen LogP contribution < -0.4 is 15.8 Å². The SMILES string of the molecule is CCc1ccc(NC(N)=NCc2ccc(OC)cn2)cc1.I. The van der Waals surface area contributed by atoms with E-state index >= 15 is 0 Å². The third kappa shape index (κ3) is 5.51. The van der Waals surface area contributed by atoms with Crippen molar-refractivity contribution in [2.75, 3.05) is 12.4 Å². The van der Waals surface area contributed by atoms with Crippen LogP contribution >= 0.6 is 24.0 Å². The number of guanidine groups is 1. The van der Waals surface area contributed by atoms with Gasteiger partial charge in [0.05, 0.1) is 25.5 Å². The molecule has 2 aromatic rings. The zero-order valence-electron chi connectivity index (χ0n) is 12.7. The Hall–Kier alpha value is -1.83. The predicted molar refractivity (Wildman–Crippen MR) is 101 cm³/mol. The molecule has 0 saturated carbocycles. The summed E-state index contributed by atoms with van der Waals surface area (Å²) < 4.78 is 5.06. The van der Waals surface area contributed by atoms with Crippen molar-refractivity contribution in [1.82, 2.24) is 4.98 Å². The number of benzene rings is 1. The third-order valence-corrected chi connectivity index (χ3v) is 3.08. The van der Waals surface area contributed by atoms with E-state index < -0.39 is 0 Å². The molecule has 1 heterocycles. The van der Waals surface area contributed by atoms with E-state index in [0.29, 0.717) is 12.5 Å². The Morgan fingerprint density at radius 1 is 1.23 bits per heavy atom. The Morgan fingerprint density at radius 3 is 2.50 bits per heavy atom. The largest absolute Gasteiger partial charge is 0.495 e. The second kappa shape index (κ2) is 9.24. The summed E-state index contributed by atoms with van der Waals surface area (Å²) in [4.78, 5) is 8.50. The van der Waals surface area contributed by atoms with E-state index in [2.05, 4.69) is 34.3 Å². The quantitative estimate of drug-likeness (QED) is 0.450. The molecular weight excluding hydrogens is 391 g/mol. The van der Waals surface area contributed by atoms with Gasteiger partial charge in [0.25, 0.3) is 0 Å². The number of hydrogen-bond donors (Lipinski definition) is 2. The lowest BCUT2D eigenvalue weighted by Gasteiger charge is -2.06. The van der Waals surface area contributed by atoms with Crippen molar-refractivity contribution in [2.24, 2.45) is 10.7 Å². The number of aryl methyl sites for hydroxylation is 1. The van der Waals surface area contributed by atoms with E-state index in [0.717, 1.165) is 23.6 Å². The number of halogens is 1. The molecule has 0 bridgehead atoms. The van der Waals surface area contributed by atoms with E-state index in [1.807, 2.05) is 24.3 Å². The van der Waals surface area contributed by atoms with Crippen LogP contribution in [0.25, 0.3) is 0 Å². The summed E-state index contributed by atoms with van der Waals surface area (Å²) in [5.41, 5.74) is 8.92. The molecule has 0 fully saturated rings. The number of aromatic nitrogens is 1. The topological polar surface area (TPSA) is 72.5 Å². The maximum Gasteiger partial charge on any atom is 0.193 e. The Kier molecular flexibility index (Phi) is 7.65. The van der Waals surface area contributed by atoms with Crippen molar-refractivity contribution in [3.05, 3.63) is 53.9 Å². The molecular formula is C16H21IN4O. The monoisotopic (exact) mass is 412 g/mol. The van der Waals surface area contributed by atoms with Crippen LogP contribution in [0.2, 0.25) is 0 Å². The highest BCUT2D eigenvalue weighted by Gasteiger charge is 1.98. The molecule has 0 spiro atoms. The van der Waals surface area contributed by atoms with Crippen molar-refractivity contribution >= 4 is 35.6 Å². The smallest absolute Gasteiger partial charge is 0.193 e. The van der Waals surface area contributed by atoms with E-state index in [-0.39, 0.29) is 24.0 Å². The van der Waals surface area contributed by atoms with E-state index in [4.69, 9.17) is 10.5 Å². The Labute approximate surface area is 148 Å². The first-order chi connectivity index (χ1) is 10.2. The van der Waals surface area contributed by atoms with Crippen LogP contribution in [0, 0.1) is 0 Å². The first-order valence-electron chi connectivity index (χ1n) is 6.86. The molecule has 118 valence electrons. The fraction of sp³-hybridized carbons (Fsp3) is 0.250. The van der Waals surface area contributed by atoms with Gasteiger partial charge in [0.2, 0.25) is 0 Å². The molecule has 0 aliphatic rings. The minimum absolute atomic E-state index is 0. The number of aliphatic imine (C=N–C) groups is 1. The average molecular weight is 412 g/mol. The fourth-order valence-electron chi connectivity index (χ4n) is 1.80. The standard InChI is InChI=1S/C16H20N4O.HI/c1-3-12-4-6-13(7-5-12)20-16(17)19-10-14-8-9-15(21-2)11-18-14;/h4-9,11H,3,10H2,1-2H3,(H3,17,19,20);1H. The number of rotatable bonds is 5. The highest BCUT2D eigenvalue weighted by molar-refractivity contribution is 14.0. The number of hydrogen-bond acceptors (Lipinski definition) is 3. The molecule has 0 unspecified atom stereocenters. The van der Waals surface area contributed by atoms with Gasteiger partial charge in [-0.15, -0.1) is 24.0 Å². The first kappa shape index (κ1) is 18.2. The van der Waals surface area contributed by atoms with Crippen molar-refractivity contribution in [1.29, 1.82) is 0 Å². The average Bonchev–Trinajstić information content (AvgIpc) is 2.54.